The molecule has 29 heavy (non-hydrogen) atoms. The zero-order valence-electron chi connectivity index (χ0n) is 16.4. The largest absolute Gasteiger partial charge is 0.367 e. The van der Waals surface area contributed by atoms with Crippen LogP contribution in [0.5, 0.6) is 0 Å². The molecule has 0 saturated carbocycles. The molecular formula is C18H24N6O4S. The van der Waals surface area contributed by atoms with Gasteiger partial charge in [0.05, 0.1) is 10.6 Å². The minimum atomic E-state index is -3.40. The molecule has 0 aliphatic carbocycles. The van der Waals surface area contributed by atoms with E-state index < -0.39 is 15.7 Å². The van der Waals surface area contributed by atoms with Crippen LogP contribution in [0.25, 0.3) is 0 Å². The normalized spacial score (nSPS) is 11.0. The summed E-state index contributed by atoms with van der Waals surface area (Å²) in [7, 11) is -3.40. The van der Waals surface area contributed by atoms with Crippen LogP contribution in [0.3, 0.4) is 0 Å². The first kappa shape index (κ1) is 22.1. The van der Waals surface area contributed by atoms with Crippen molar-refractivity contribution in [2.75, 3.05) is 30.0 Å². The summed E-state index contributed by atoms with van der Waals surface area (Å²) in [6.45, 7) is 4.07. The molecule has 1 aromatic carbocycles. The number of primary amides is 1. The number of sulfone groups is 1. The first-order chi connectivity index (χ1) is 13.6. The zero-order chi connectivity index (χ0) is 21.6. The molecule has 11 heteroatoms. The van der Waals surface area contributed by atoms with Gasteiger partial charge >= 0.3 is 0 Å². The number of amides is 2. The van der Waals surface area contributed by atoms with Crippen LogP contribution in [0.4, 0.5) is 17.3 Å². The minimum Gasteiger partial charge on any atom is -0.367 e. The number of anilines is 3. The van der Waals surface area contributed by atoms with Crippen molar-refractivity contribution in [1.82, 2.24) is 15.3 Å². The van der Waals surface area contributed by atoms with Crippen molar-refractivity contribution < 1.29 is 18.0 Å². The Morgan fingerprint density at radius 3 is 2.45 bits per heavy atom. The molecule has 1 aromatic heterocycles. The Hall–Kier alpha value is -3.21. The smallest absolute Gasteiger partial charge is 0.271 e. The number of benzene rings is 1. The minimum absolute atomic E-state index is 0.0565. The number of aromatic nitrogens is 2. The fourth-order valence-electron chi connectivity index (χ4n) is 2.48. The predicted molar refractivity (Wildman–Crippen MR) is 110 cm³/mol. The number of carbonyl (C=O) groups is 2. The molecule has 0 aliphatic rings. The van der Waals surface area contributed by atoms with E-state index in [-0.39, 0.29) is 22.3 Å². The third kappa shape index (κ3) is 6.14. The summed E-state index contributed by atoms with van der Waals surface area (Å²) in [5, 5.41) is 8.65. The molecule has 156 valence electrons. The molecule has 0 aliphatic heterocycles. The van der Waals surface area contributed by atoms with Crippen molar-refractivity contribution in [2.24, 2.45) is 5.73 Å². The van der Waals surface area contributed by atoms with Gasteiger partial charge in [-0.1, -0.05) is 13.0 Å². The second-order valence-corrected chi connectivity index (χ2v) is 8.28. The maximum absolute atomic E-state index is 11.9. The monoisotopic (exact) mass is 420 g/mol. The lowest BCUT2D eigenvalue weighted by atomic mass is 10.2. The standard InChI is InChI=1S/C18H24N6O4S/c1-4-14-17(21-9-8-20-11(2)25)24-18(15(23-14)16(19)26)22-12-6-5-7-13(10-12)29(3,27)28/h5-7,10H,4,8-9H2,1-3H3,(H2,19,26)(H,20,25)(H2,21,22,24). The summed E-state index contributed by atoms with van der Waals surface area (Å²) in [4.78, 5) is 31.7. The first-order valence-corrected chi connectivity index (χ1v) is 10.8. The molecule has 0 fully saturated rings. The molecule has 2 amide bonds. The molecule has 0 spiro atoms. The van der Waals surface area contributed by atoms with E-state index >= 15 is 0 Å². The number of carbonyl (C=O) groups excluding carboxylic acids is 2. The number of nitrogens with zero attached hydrogens (tertiary/aromatic N) is 2. The van der Waals surface area contributed by atoms with Gasteiger partial charge in [0.25, 0.3) is 5.91 Å². The van der Waals surface area contributed by atoms with E-state index in [1.165, 1.54) is 19.1 Å². The van der Waals surface area contributed by atoms with Gasteiger partial charge in [-0.15, -0.1) is 0 Å². The maximum atomic E-state index is 11.9. The van der Waals surface area contributed by atoms with Crippen LogP contribution in [0, 0.1) is 0 Å². The molecular weight excluding hydrogens is 396 g/mol. The van der Waals surface area contributed by atoms with Crippen molar-refractivity contribution in [3.8, 4) is 0 Å². The van der Waals surface area contributed by atoms with Gasteiger partial charge < -0.3 is 21.7 Å². The molecule has 0 bridgehead atoms. The summed E-state index contributed by atoms with van der Waals surface area (Å²) >= 11 is 0. The summed E-state index contributed by atoms with van der Waals surface area (Å²) in [6.07, 6.45) is 1.60. The highest BCUT2D eigenvalue weighted by atomic mass is 32.2. The highest BCUT2D eigenvalue weighted by molar-refractivity contribution is 7.90. The maximum Gasteiger partial charge on any atom is 0.271 e. The quantitative estimate of drug-likeness (QED) is 0.435. The van der Waals surface area contributed by atoms with Gasteiger partial charge in [0, 0.05) is 32.0 Å². The van der Waals surface area contributed by atoms with Gasteiger partial charge in [0.15, 0.2) is 21.3 Å². The van der Waals surface area contributed by atoms with Crippen molar-refractivity contribution in [3.63, 3.8) is 0 Å². The lowest BCUT2D eigenvalue weighted by molar-refractivity contribution is -0.118. The number of nitrogens with two attached hydrogens (primary N) is 1. The first-order valence-electron chi connectivity index (χ1n) is 8.88. The predicted octanol–water partition coefficient (Wildman–Crippen LogP) is 0.833. The van der Waals surface area contributed by atoms with Gasteiger partial charge in [-0.3, -0.25) is 9.59 Å². The second-order valence-electron chi connectivity index (χ2n) is 6.27. The molecule has 0 unspecified atom stereocenters. The average molecular weight is 420 g/mol. The Bertz CT molecular complexity index is 1020. The van der Waals surface area contributed by atoms with Crippen molar-refractivity contribution in [2.45, 2.75) is 25.2 Å². The number of hydrogen-bond donors (Lipinski definition) is 4. The molecule has 1 heterocycles. The van der Waals surface area contributed by atoms with Gasteiger partial charge in [-0.25, -0.2) is 18.4 Å². The van der Waals surface area contributed by atoms with Gasteiger partial charge in [-0.05, 0) is 24.6 Å². The Morgan fingerprint density at radius 2 is 1.86 bits per heavy atom. The fraction of sp³-hybridized carbons (Fsp3) is 0.333. The van der Waals surface area contributed by atoms with Crippen LogP contribution < -0.4 is 21.7 Å². The molecule has 0 atom stereocenters. The van der Waals surface area contributed by atoms with Gasteiger partial charge in [0.2, 0.25) is 5.91 Å². The summed E-state index contributed by atoms with van der Waals surface area (Å²) in [5.41, 5.74) is 6.35. The van der Waals surface area contributed by atoms with Crippen molar-refractivity contribution in [3.05, 3.63) is 35.7 Å². The van der Waals surface area contributed by atoms with E-state index in [0.717, 1.165) is 6.26 Å². The summed E-state index contributed by atoms with van der Waals surface area (Å²) in [5.74, 6) is -0.378. The van der Waals surface area contributed by atoms with Gasteiger partial charge in [-0.2, -0.15) is 0 Å². The zero-order valence-corrected chi connectivity index (χ0v) is 17.3. The van der Waals surface area contributed by atoms with E-state index in [1.54, 1.807) is 12.1 Å². The van der Waals surface area contributed by atoms with E-state index in [0.29, 0.717) is 36.7 Å². The van der Waals surface area contributed by atoms with Crippen LogP contribution in [0.15, 0.2) is 29.2 Å². The number of nitrogens with one attached hydrogen (secondary N) is 3. The molecule has 5 N–H and O–H groups in total. The van der Waals surface area contributed by atoms with Crippen LogP contribution >= 0.6 is 0 Å². The molecule has 0 saturated heterocycles. The van der Waals surface area contributed by atoms with E-state index in [2.05, 4.69) is 25.9 Å². The number of rotatable bonds is 9. The van der Waals surface area contributed by atoms with Crippen molar-refractivity contribution >= 4 is 39.0 Å². The lowest BCUT2D eigenvalue weighted by Gasteiger charge is -2.15. The number of aryl methyl sites for hydroxylation is 1. The van der Waals surface area contributed by atoms with E-state index in [4.69, 9.17) is 5.73 Å². The highest BCUT2D eigenvalue weighted by Gasteiger charge is 2.18. The summed E-state index contributed by atoms with van der Waals surface area (Å²) < 4.78 is 23.6. The highest BCUT2D eigenvalue weighted by Crippen LogP contribution is 2.24. The third-order valence-corrected chi connectivity index (χ3v) is 4.96. The molecule has 2 aromatic rings. The van der Waals surface area contributed by atoms with Crippen LogP contribution in [0.1, 0.15) is 30.0 Å². The Labute approximate surface area is 169 Å². The molecule has 2 rings (SSSR count). The lowest BCUT2D eigenvalue weighted by Crippen LogP contribution is -2.27. The Balaban J connectivity index is 2.37. The van der Waals surface area contributed by atoms with Crippen molar-refractivity contribution in [1.29, 1.82) is 0 Å². The number of hydrogen-bond acceptors (Lipinski definition) is 8. The second kappa shape index (κ2) is 9.32. The van der Waals surface area contributed by atoms with Crippen LogP contribution in [0.2, 0.25) is 0 Å². The SMILES string of the molecule is CCc1nc(C(N)=O)c(Nc2cccc(S(C)(=O)=O)c2)nc1NCCNC(C)=O. The van der Waals surface area contributed by atoms with E-state index in [1.807, 2.05) is 6.92 Å². The van der Waals surface area contributed by atoms with Crippen LogP contribution in [-0.4, -0.2) is 49.5 Å². The third-order valence-electron chi connectivity index (χ3n) is 3.85. The topological polar surface area (TPSA) is 156 Å². The molecule has 10 nitrogen and oxygen atoms in total. The molecule has 0 radical (unpaired) electrons. The van der Waals surface area contributed by atoms with E-state index in [9.17, 15) is 18.0 Å². The van der Waals surface area contributed by atoms with Gasteiger partial charge in [0.1, 0.15) is 5.82 Å². The fourth-order valence-corrected chi connectivity index (χ4v) is 3.14. The Kier molecular flexibility index (Phi) is 7.10. The Morgan fingerprint density at radius 1 is 1.14 bits per heavy atom. The average Bonchev–Trinajstić information content (AvgIpc) is 2.64. The summed E-state index contributed by atoms with van der Waals surface area (Å²) in [6, 6.07) is 6.11. The van der Waals surface area contributed by atoms with Crippen LogP contribution in [-0.2, 0) is 21.1 Å².